The molecule has 2 aromatic rings. The van der Waals surface area contributed by atoms with Crippen molar-refractivity contribution >= 4 is 35.0 Å². The third kappa shape index (κ3) is 8.19. The van der Waals surface area contributed by atoms with Gasteiger partial charge in [0.1, 0.15) is 11.5 Å². The molecule has 0 aliphatic carbocycles. The van der Waals surface area contributed by atoms with Gasteiger partial charge in [0.25, 0.3) is 5.91 Å². The van der Waals surface area contributed by atoms with E-state index in [-0.39, 0.29) is 31.4 Å². The zero-order chi connectivity index (χ0) is 19.5. The summed E-state index contributed by atoms with van der Waals surface area (Å²) in [4.78, 5) is 23.4. The fourth-order valence-electron chi connectivity index (χ4n) is 2.06. The number of rotatable bonds is 10. The quantitative estimate of drug-likeness (QED) is 0.590. The van der Waals surface area contributed by atoms with Gasteiger partial charge in [-0.05, 0) is 30.3 Å². The molecule has 2 rings (SSSR count). The van der Waals surface area contributed by atoms with E-state index in [4.69, 9.17) is 32.7 Å². The minimum absolute atomic E-state index is 0.149. The van der Waals surface area contributed by atoms with Crippen molar-refractivity contribution in [3.63, 3.8) is 0 Å². The number of hydrogen-bond acceptors (Lipinski definition) is 4. The summed E-state index contributed by atoms with van der Waals surface area (Å²) < 4.78 is 10.8. The second-order valence-corrected chi connectivity index (χ2v) is 6.32. The number of ether oxygens (including phenoxy) is 2. The maximum Gasteiger partial charge on any atom is 0.258 e. The summed E-state index contributed by atoms with van der Waals surface area (Å²) in [7, 11) is 0. The summed E-state index contributed by atoms with van der Waals surface area (Å²) in [5.41, 5.74) is 0. The van der Waals surface area contributed by atoms with Gasteiger partial charge in [0.2, 0.25) is 5.91 Å². The summed E-state index contributed by atoms with van der Waals surface area (Å²) in [6, 6.07) is 14.0. The Morgan fingerprint density at radius 2 is 1.59 bits per heavy atom. The largest absolute Gasteiger partial charge is 0.493 e. The lowest BCUT2D eigenvalue weighted by Crippen LogP contribution is -2.37. The van der Waals surface area contributed by atoms with E-state index in [1.54, 1.807) is 12.1 Å². The third-order valence-electron chi connectivity index (χ3n) is 3.36. The molecule has 0 atom stereocenters. The first-order valence-corrected chi connectivity index (χ1v) is 9.09. The first-order valence-electron chi connectivity index (χ1n) is 8.33. The fourth-order valence-corrected chi connectivity index (χ4v) is 2.52. The van der Waals surface area contributed by atoms with Crippen molar-refractivity contribution in [3.8, 4) is 11.5 Å². The lowest BCUT2D eigenvalue weighted by Gasteiger charge is -2.10. The van der Waals surface area contributed by atoms with Gasteiger partial charge < -0.3 is 20.1 Å². The van der Waals surface area contributed by atoms with Crippen molar-refractivity contribution in [1.29, 1.82) is 0 Å². The summed E-state index contributed by atoms with van der Waals surface area (Å²) >= 11 is 11.7. The van der Waals surface area contributed by atoms with E-state index < -0.39 is 0 Å². The molecule has 0 heterocycles. The van der Waals surface area contributed by atoms with Crippen LogP contribution >= 0.6 is 23.2 Å². The first-order chi connectivity index (χ1) is 13.0. The van der Waals surface area contributed by atoms with Crippen LogP contribution in [0.15, 0.2) is 48.5 Å². The minimum Gasteiger partial charge on any atom is -0.493 e. The molecule has 8 heteroatoms. The van der Waals surface area contributed by atoms with Crippen LogP contribution in [-0.4, -0.2) is 38.1 Å². The van der Waals surface area contributed by atoms with E-state index in [1.165, 1.54) is 6.07 Å². The van der Waals surface area contributed by atoms with Crippen molar-refractivity contribution in [3.05, 3.63) is 58.6 Å². The normalized spacial score (nSPS) is 10.1. The average Bonchev–Trinajstić information content (AvgIpc) is 2.65. The Labute approximate surface area is 167 Å². The number of hydrogen-bond donors (Lipinski definition) is 2. The molecule has 0 aliphatic heterocycles. The number of halogens is 2. The Hall–Kier alpha value is -2.44. The molecule has 0 fully saturated rings. The Morgan fingerprint density at radius 3 is 2.30 bits per heavy atom. The van der Waals surface area contributed by atoms with Gasteiger partial charge in [-0.2, -0.15) is 0 Å². The molecule has 2 amide bonds. The highest BCUT2D eigenvalue weighted by atomic mass is 35.5. The second-order valence-electron chi connectivity index (χ2n) is 5.47. The highest BCUT2D eigenvalue weighted by molar-refractivity contribution is 6.35. The number of nitrogens with one attached hydrogen (secondary N) is 2. The molecule has 6 nitrogen and oxygen atoms in total. The van der Waals surface area contributed by atoms with Gasteiger partial charge in [0.05, 0.1) is 18.1 Å². The van der Waals surface area contributed by atoms with E-state index in [2.05, 4.69) is 10.6 Å². The summed E-state index contributed by atoms with van der Waals surface area (Å²) in [5.74, 6) is 0.633. The molecule has 0 spiro atoms. The topological polar surface area (TPSA) is 76.7 Å². The van der Waals surface area contributed by atoms with Crippen molar-refractivity contribution in [2.75, 3.05) is 26.3 Å². The highest BCUT2D eigenvalue weighted by Gasteiger charge is 2.07. The number of carbonyl (C=O) groups excluding carboxylic acids is 2. The first kappa shape index (κ1) is 20.9. The molecule has 2 N–H and O–H groups in total. The van der Waals surface area contributed by atoms with Gasteiger partial charge in [-0.15, -0.1) is 0 Å². The lowest BCUT2D eigenvalue weighted by molar-refractivity contribution is -0.124. The van der Waals surface area contributed by atoms with Gasteiger partial charge >= 0.3 is 0 Å². The van der Waals surface area contributed by atoms with Crippen LogP contribution in [0.4, 0.5) is 0 Å². The third-order valence-corrected chi connectivity index (χ3v) is 3.89. The average molecular weight is 411 g/mol. The number of carbonyl (C=O) groups is 2. The standard InChI is InChI=1S/C19H20Cl2N2O4/c20-14-6-7-17(16(21)12-14)27-13-19(25)23-10-9-22-18(24)8-11-26-15-4-2-1-3-5-15/h1-7,12H,8-11,13H2,(H,22,24)(H,23,25). The van der Waals surface area contributed by atoms with Gasteiger partial charge in [-0.25, -0.2) is 0 Å². The van der Waals surface area contributed by atoms with Crippen molar-refractivity contribution < 1.29 is 19.1 Å². The molecule has 2 aromatic carbocycles. The van der Waals surface area contributed by atoms with Gasteiger partial charge in [-0.3, -0.25) is 9.59 Å². The molecular formula is C19H20Cl2N2O4. The predicted molar refractivity (Wildman–Crippen MR) is 105 cm³/mol. The number of benzene rings is 2. The van der Waals surface area contributed by atoms with E-state index in [0.717, 1.165) is 5.75 Å². The number of amides is 2. The Bertz CT molecular complexity index is 757. The molecule has 0 radical (unpaired) electrons. The Kier molecular flexibility index (Phi) is 8.74. The van der Waals surface area contributed by atoms with Gasteiger partial charge in [0.15, 0.2) is 6.61 Å². The summed E-state index contributed by atoms with van der Waals surface area (Å²) in [6.45, 7) is 0.720. The van der Waals surface area contributed by atoms with Crippen LogP contribution in [0.25, 0.3) is 0 Å². The zero-order valence-electron chi connectivity index (χ0n) is 14.5. The SMILES string of the molecule is O=C(CCOc1ccccc1)NCCNC(=O)COc1ccc(Cl)cc1Cl. The Morgan fingerprint density at radius 1 is 0.889 bits per heavy atom. The van der Waals surface area contributed by atoms with Crippen LogP contribution in [-0.2, 0) is 9.59 Å². The smallest absolute Gasteiger partial charge is 0.258 e. The monoisotopic (exact) mass is 410 g/mol. The summed E-state index contributed by atoms with van der Waals surface area (Å²) in [6.07, 6.45) is 0.237. The second kappa shape index (κ2) is 11.3. The van der Waals surface area contributed by atoms with E-state index in [1.807, 2.05) is 30.3 Å². The van der Waals surface area contributed by atoms with Crippen LogP contribution in [0.1, 0.15) is 6.42 Å². The van der Waals surface area contributed by atoms with Crippen LogP contribution in [0.2, 0.25) is 10.0 Å². The molecule has 0 bridgehead atoms. The molecule has 0 aromatic heterocycles. The Balaban J connectivity index is 1.53. The van der Waals surface area contributed by atoms with Crippen LogP contribution in [0.3, 0.4) is 0 Å². The molecule has 0 saturated carbocycles. The molecule has 27 heavy (non-hydrogen) atoms. The van der Waals surface area contributed by atoms with E-state index >= 15 is 0 Å². The fraction of sp³-hybridized carbons (Fsp3) is 0.263. The van der Waals surface area contributed by atoms with Crippen molar-refractivity contribution in [2.24, 2.45) is 0 Å². The highest BCUT2D eigenvalue weighted by Crippen LogP contribution is 2.27. The maximum absolute atomic E-state index is 11.7. The predicted octanol–water partition coefficient (Wildman–Crippen LogP) is 3.07. The van der Waals surface area contributed by atoms with E-state index in [0.29, 0.717) is 28.9 Å². The van der Waals surface area contributed by atoms with Gasteiger partial charge in [0, 0.05) is 18.1 Å². The van der Waals surface area contributed by atoms with Gasteiger partial charge in [-0.1, -0.05) is 41.4 Å². The van der Waals surface area contributed by atoms with Crippen molar-refractivity contribution in [1.82, 2.24) is 10.6 Å². The van der Waals surface area contributed by atoms with Crippen LogP contribution in [0.5, 0.6) is 11.5 Å². The molecule has 0 aliphatic rings. The molecule has 144 valence electrons. The number of para-hydroxylation sites is 1. The zero-order valence-corrected chi connectivity index (χ0v) is 16.1. The summed E-state index contributed by atoms with van der Waals surface area (Å²) in [5, 5.41) is 6.17. The van der Waals surface area contributed by atoms with Crippen molar-refractivity contribution in [2.45, 2.75) is 6.42 Å². The minimum atomic E-state index is -0.317. The molecule has 0 unspecified atom stereocenters. The maximum atomic E-state index is 11.7. The van der Waals surface area contributed by atoms with Crippen LogP contribution < -0.4 is 20.1 Å². The lowest BCUT2D eigenvalue weighted by atomic mass is 10.3. The van der Waals surface area contributed by atoms with Crippen LogP contribution in [0, 0.1) is 0 Å². The molecular weight excluding hydrogens is 391 g/mol. The van der Waals surface area contributed by atoms with E-state index in [9.17, 15) is 9.59 Å². The molecule has 0 saturated heterocycles.